The number of carbonyl (C=O) groups is 3. The third kappa shape index (κ3) is 32.8. The van der Waals surface area contributed by atoms with Crippen LogP contribution in [0.15, 0.2) is 0 Å². The van der Waals surface area contributed by atoms with Crippen molar-refractivity contribution in [3.63, 3.8) is 0 Å². The fourth-order valence-corrected chi connectivity index (χ4v) is 7.38. The van der Waals surface area contributed by atoms with Crippen molar-refractivity contribution in [3.05, 3.63) is 0 Å². The molecule has 0 spiro atoms. The summed E-state index contributed by atoms with van der Waals surface area (Å²) in [5.41, 5.74) is 0. The van der Waals surface area contributed by atoms with Crippen LogP contribution in [0.2, 0.25) is 0 Å². The third-order valence-electron chi connectivity index (χ3n) is 11.2. The highest BCUT2D eigenvalue weighted by molar-refractivity contribution is 5.73. The molecule has 9 heteroatoms. The molecule has 0 aromatic heterocycles. The Labute approximate surface area is 350 Å². The van der Waals surface area contributed by atoms with Gasteiger partial charge in [-0.2, -0.15) is 0 Å². The predicted molar refractivity (Wildman–Crippen MR) is 232 cm³/mol. The Morgan fingerprint density at radius 3 is 0.860 bits per heavy atom. The molecule has 0 aliphatic rings. The lowest BCUT2D eigenvalue weighted by Crippen LogP contribution is -2.61. The second-order valence-electron chi connectivity index (χ2n) is 16.8. The Kier molecular flexibility index (Phi) is 38.5. The highest BCUT2D eigenvalue weighted by Gasteiger charge is 2.60. The highest BCUT2D eigenvalue weighted by Crippen LogP contribution is 2.34. The second kappa shape index (κ2) is 39.7. The SMILES string of the molecule is CCCCCCCCCCCCCC(=O)OC(O)(CCCCO)C(O)(OC(=O)CCCCCCCCCCCCC)OC(=O)CCCCCCCCCCCCC. The van der Waals surface area contributed by atoms with Crippen molar-refractivity contribution in [3.8, 4) is 0 Å². The summed E-state index contributed by atoms with van der Waals surface area (Å²) in [5.74, 6) is -8.54. The molecule has 1 unspecified atom stereocenters. The van der Waals surface area contributed by atoms with Gasteiger partial charge in [0.25, 0.3) is 0 Å². The second-order valence-corrected chi connectivity index (χ2v) is 16.8. The number of rotatable bonds is 44. The van der Waals surface area contributed by atoms with Crippen molar-refractivity contribution in [2.24, 2.45) is 0 Å². The van der Waals surface area contributed by atoms with Crippen molar-refractivity contribution in [1.29, 1.82) is 0 Å². The normalized spacial score (nSPS) is 12.7. The molecule has 338 valence electrons. The molecule has 0 saturated carbocycles. The summed E-state index contributed by atoms with van der Waals surface area (Å²) in [7, 11) is 0. The van der Waals surface area contributed by atoms with E-state index in [-0.39, 0.29) is 38.7 Å². The predicted octanol–water partition coefficient (Wildman–Crippen LogP) is 13.2. The monoisotopic (exact) mass is 813 g/mol. The van der Waals surface area contributed by atoms with Gasteiger partial charge in [-0.1, -0.05) is 213 Å². The van der Waals surface area contributed by atoms with Crippen LogP contribution in [0, 0.1) is 0 Å². The highest BCUT2D eigenvalue weighted by atomic mass is 16.9. The van der Waals surface area contributed by atoms with E-state index < -0.39 is 36.1 Å². The molecule has 9 nitrogen and oxygen atoms in total. The minimum Gasteiger partial charge on any atom is -0.422 e. The van der Waals surface area contributed by atoms with Gasteiger partial charge < -0.3 is 29.5 Å². The average Bonchev–Trinajstić information content (AvgIpc) is 3.18. The van der Waals surface area contributed by atoms with E-state index >= 15 is 0 Å². The first-order valence-electron chi connectivity index (χ1n) is 24.4. The smallest absolute Gasteiger partial charge is 0.422 e. The molecule has 57 heavy (non-hydrogen) atoms. The topological polar surface area (TPSA) is 140 Å². The van der Waals surface area contributed by atoms with E-state index in [1.54, 1.807) is 0 Å². The molecule has 0 aromatic rings. The molecule has 0 radical (unpaired) electrons. The van der Waals surface area contributed by atoms with Gasteiger partial charge in [0.1, 0.15) is 0 Å². The Balaban J connectivity index is 5.26. The molecule has 0 bridgehead atoms. The van der Waals surface area contributed by atoms with Crippen molar-refractivity contribution in [2.75, 3.05) is 6.61 Å². The van der Waals surface area contributed by atoms with Crippen molar-refractivity contribution < 1.29 is 43.9 Å². The van der Waals surface area contributed by atoms with E-state index in [2.05, 4.69) is 20.8 Å². The van der Waals surface area contributed by atoms with E-state index in [0.29, 0.717) is 19.3 Å². The minimum absolute atomic E-state index is 0.00518. The zero-order valence-electron chi connectivity index (χ0n) is 37.6. The molecule has 0 aliphatic heterocycles. The van der Waals surface area contributed by atoms with Gasteiger partial charge >= 0.3 is 29.7 Å². The number of carbonyl (C=O) groups excluding carboxylic acids is 3. The van der Waals surface area contributed by atoms with Crippen LogP contribution in [-0.2, 0) is 28.6 Å². The van der Waals surface area contributed by atoms with E-state index in [1.807, 2.05) is 0 Å². The molecule has 0 amide bonds. The first-order chi connectivity index (χ1) is 27.7. The number of aliphatic hydroxyl groups excluding tert-OH is 1. The Bertz CT molecular complexity index is 886. The van der Waals surface area contributed by atoms with E-state index in [4.69, 9.17) is 14.2 Å². The molecular formula is C48H92O9. The first kappa shape index (κ1) is 55.3. The fourth-order valence-electron chi connectivity index (χ4n) is 7.38. The summed E-state index contributed by atoms with van der Waals surface area (Å²) in [6, 6.07) is 0. The maximum Gasteiger partial charge on any atom is 0.443 e. The van der Waals surface area contributed by atoms with E-state index in [9.17, 15) is 29.7 Å². The van der Waals surface area contributed by atoms with Crippen LogP contribution >= 0.6 is 0 Å². The summed E-state index contributed by atoms with van der Waals surface area (Å²) in [5, 5.41) is 33.0. The van der Waals surface area contributed by atoms with Gasteiger partial charge in [0.05, 0.1) is 0 Å². The minimum atomic E-state index is -3.22. The van der Waals surface area contributed by atoms with Crippen LogP contribution in [0.4, 0.5) is 0 Å². The van der Waals surface area contributed by atoms with Gasteiger partial charge in [0.2, 0.25) is 0 Å². The maximum atomic E-state index is 13.1. The molecule has 0 aromatic carbocycles. The van der Waals surface area contributed by atoms with Crippen LogP contribution in [-0.4, -0.2) is 51.6 Å². The molecule has 0 rings (SSSR count). The third-order valence-corrected chi connectivity index (χ3v) is 11.2. The largest absolute Gasteiger partial charge is 0.443 e. The zero-order valence-corrected chi connectivity index (χ0v) is 37.6. The molecule has 0 aliphatic carbocycles. The zero-order chi connectivity index (χ0) is 42.1. The van der Waals surface area contributed by atoms with E-state index in [1.165, 1.54) is 122 Å². The molecular weight excluding hydrogens is 721 g/mol. The standard InChI is InChI=1S/C48H92O9/c1-4-7-10-13-16-19-22-25-28-31-34-39-44(50)55-47(53,42-37-38-43-49)48(54,56-45(51)40-35-32-29-26-23-20-17-14-11-8-5-2)57-46(52)41-36-33-30-27-24-21-18-15-12-9-6-3/h49,53-54H,4-43H2,1-3H3. The lowest BCUT2D eigenvalue weighted by atomic mass is 10.0. The van der Waals surface area contributed by atoms with Crippen molar-refractivity contribution in [2.45, 2.75) is 283 Å². The molecule has 0 fully saturated rings. The van der Waals surface area contributed by atoms with Gasteiger partial charge in [-0.15, -0.1) is 0 Å². The quantitative estimate of drug-likeness (QED) is 0.0311. The van der Waals surface area contributed by atoms with E-state index in [0.717, 1.165) is 70.6 Å². The Morgan fingerprint density at radius 1 is 0.351 bits per heavy atom. The van der Waals surface area contributed by atoms with Gasteiger partial charge in [-0.25, -0.2) is 0 Å². The van der Waals surface area contributed by atoms with Crippen LogP contribution < -0.4 is 0 Å². The lowest BCUT2D eigenvalue weighted by Gasteiger charge is -2.39. The fraction of sp³-hybridized carbons (Fsp3) is 0.938. The summed E-state index contributed by atoms with van der Waals surface area (Å²) in [6.07, 6.45) is 36.4. The maximum absolute atomic E-state index is 13.1. The summed E-state index contributed by atoms with van der Waals surface area (Å²) < 4.78 is 16.3. The lowest BCUT2D eigenvalue weighted by molar-refractivity contribution is -0.445. The Hall–Kier alpha value is -1.71. The van der Waals surface area contributed by atoms with Crippen molar-refractivity contribution >= 4 is 17.9 Å². The molecule has 3 N–H and O–H groups in total. The first-order valence-corrected chi connectivity index (χ1v) is 24.4. The van der Waals surface area contributed by atoms with Crippen LogP contribution in [0.3, 0.4) is 0 Å². The summed E-state index contributed by atoms with van der Waals surface area (Å²) in [4.78, 5) is 39.4. The van der Waals surface area contributed by atoms with Gasteiger partial charge in [0, 0.05) is 32.3 Å². The number of unbranched alkanes of at least 4 members (excludes halogenated alkanes) is 31. The molecule has 0 heterocycles. The van der Waals surface area contributed by atoms with Gasteiger partial charge in [-0.05, 0) is 32.1 Å². The number of esters is 3. The van der Waals surface area contributed by atoms with Crippen LogP contribution in [0.5, 0.6) is 0 Å². The number of aliphatic hydroxyl groups is 3. The number of hydrogen-bond donors (Lipinski definition) is 3. The van der Waals surface area contributed by atoms with Gasteiger partial charge in [0.15, 0.2) is 0 Å². The number of ether oxygens (including phenoxy) is 3. The molecule has 0 saturated heterocycles. The van der Waals surface area contributed by atoms with Crippen LogP contribution in [0.1, 0.15) is 271 Å². The summed E-state index contributed by atoms with van der Waals surface area (Å²) in [6.45, 7) is 6.47. The Morgan fingerprint density at radius 2 is 0.596 bits per heavy atom. The van der Waals surface area contributed by atoms with Crippen LogP contribution in [0.25, 0.3) is 0 Å². The number of hydrogen-bond acceptors (Lipinski definition) is 9. The average molecular weight is 813 g/mol. The van der Waals surface area contributed by atoms with Crippen molar-refractivity contribution in [1.82, 2.24) is 0 Å². The van der Waals surface area contributed by atoms with Gasteiger partial charge in [-0.3, -0.25) is 14.4 Å². The summed E-state index contributed by atoms with van der Waals surface area (Å²) >= 11 is 0. The molecule has 1 atom stereocenters.